The molecule has 0 atom stereocenters. The average molecular weight is 493 g/mol. The molecule has 0 spiro atoms. The van der Waals surface area contributed by atoms with Gasteiger partial charge in [0, 0.05) is 18.0 Å². The molecule has 0 bridgehead atoms. The Bertz CT molecular complexity index is 1430. The molecule has 3 aromatic carbocycles. The number of ether oxygens (including phenoxy) is 2. The van der Waals surface area contributed by atoms with Gasteiger partial charge >= 0.3 is 5.97 Å². The quantitative estimate of drug-likeness (QED) is 0.311. The van der Waals surface area contributed by atoms with Crippen LogP contribution < -0.4 is 9.47 Å². The number of aromatic nitrogens is 2. The molecule has 4 rings (SSSR count). The summed E-state index contributed by atoms with van der Waals surface area (Å²) in [4.78, 5) is 10.8. The molecule has 6 nitrogen and oxygen atoms in total. The fourth-order valence-electron chi connectivity index (χ4n) is 3.72. The van der Waals surface area contributed by atoms with Crippen LogP contribution in [0.5, 0.6) is 11.5 Å². The average Bonchev–Trinajstić information content (AvgIpc) is 3.41. The normalized spacial score (nSPS) is 10.9. The van der Waals surface area contributed by atoms with Crippen LogP contribution in [-0.2, 0) is 11.3 Å². The van der Waals surface area contributed by atoms with Crippen molar-refractivity contribution < 1.29 is 19.4 Å². The molecule has 6 heteroatoms. The second kappa shape index (κ2) is 12.3. The molecule has 0 unspecified atom stereocenters. The molecule has 0 aliphatic heterocycles. The van der Waals surface area contributed by atoms with Crippen LogP contribution in [0.1, 0.15) is 27.8 Å². The van der Waals surface area contributed by atoms with E-state index >= 15 is 0 Å². The van der Waals surface area contributed by atoms with Gasteiger partial charge in [-0.15, -0.1) is 0 Å². The standard InChI is InChI=1S/C31H28N2O4/c1-23-6-10-26(11-7-23)29(16-20-36-28-14-15-30(24(2)21-28)37-22-31(34)35)27-12-8-25(9-13-27)5-3-18-33-19-4-17-32-33/h4,6-17,19,21H,18,20,22H2,1-2H3,(H,34,35). The third-order valence-electron chi connectivity index (χ3n) is 5.63. The highest BCUT2D eigenvalue weighted by atomic mass is 16.5. The lowest BCUT2D eigenvalue weighted by Gasteiger charge is -2.12. The number of carboxylic acid groups (broad SMARTS) is 1. The molecular weight excluding hydrogens is 464 g/mol. The number of hydrogen-bond acceptors (Lipinski definition) is 4. The first kappa shape index (κ1) is 25.3. The van der Waals surface area contributed by atoms with Gasteiger partial charge in [0.25, 0.3) is 0 Å². The van der Waals surface area contributed by atoms with E-state index in [1.807, 2.05) is 37.4 Å². The van der Waals surface area contributed by atoms with E-state index in [2.05, 4.69) is 66.3 Å². The molecule has 186 valence electrons. The van der Waals surface area contributed by atoms with Gasteiger partial charge in [-0.3, -0.25) is 4.68 Å². The predicted octanol–water partition coefficient (Wildman–Crippen LogP) is 5.53. The Balaban J connectivity index is 1.49. The first-order valence-corrected chi connectivity index (χ1v) is 11.9. The maximum Gasteiger partial charge on any atom is 0.341 e. The first-order chi connectivity index (χ1) is 18.0. The SMILES string of the molecule is Cc1ccc(C(=CCOc2ccc(OCC(=O)O)c(C)c2)c2ccc(C#CCn3cccn3)cc2)cc1. The highest BCUT2D eigenvalue weighted by Crippen LogP contribution is 2.26. The van der Waals surface area contributed by atoms with Crippen LogP contribution in [0.2, 0.25) is 0 Å². The zero-order valence-electron chi connectivity index (χ0n) is 20.8. The molecule has 0 saturated carbocycles. The molecule has 0 aliphatic rings. The molecule has 1 N–H and O–H groups in total. The van der Waals surface area contributed by atoms with Crippen LogP contribution >= 0.6 is 0 Å². The summed E-state index contributed by atoms with van der Waals surface area (Å²) in [6.45, 7) is 4.46. The van der Waals surface area contributed by atoms with Gasteiger partial charge in [0.15, 0.2) is 6.61 Å². The Kier molecular flexibility index (Phi) is 8.41. The predicted molar refractivity (Wildman–Crippen MR) is 144 cm³/mol. The number of hydrogen-bond donors (Lipinski definition) is 1. The lowest BCUT2D eigenvalue weighted by molar-refractivity contribution is -0.139. The molecule has 1 heterocycles. The monoisotopic (exact) mass is 492 g/mol. The van der Waals surface area contributed by atoms with E-state index in [1.54, 1.807) is 23.0 Å². The number of carboxylic acids is 1. The number of aliphatic carboxylic acids is 1. The van der Waals surface area contributed by atoms with Gasteiger partial charge in [-0.05, 0) is 78.6 Å². The molecule has 0 saturated heterocycles. The lowest BCUT2D eigenvalue weighted by atomic mass is 9.96. The van der Waals surface area contributed by atoms with E-state index in [1.165, 1.54) is 5.56 Å². The van der Waals surface area contributed by atoms with Crippen molar-refractivity contribution >= 4 is 11.5 Å². The Hall–Kier alpha value is -4.76. The van der Waals surface area contributed by atoms with E-state index in [-0.39, 0.29) is 6.61 Å². The summed E-state index contributed by atoms with van der Waals surface area (Å²) in [5, 5.41) is 13.0. The summed E-state index contributed by atoms with van der Waals surface area (Å²) in [7, 11) is 0. The number of rotatable bonds is 9. The molecule has 37 heavy (non-hydrogen) atoms. The van der Waals surface area contributed by atoms with Crippen LogP contribution in [0.3, 0.4) is 0 Å². The third kappa shape index (κ3) is 7.36. The fourth-order valence-corrected chi connectivity index (χ4v) is 3.72. The van der Waals surface area contributed by atoms with E-state index in [4.69, 9.17) is 14.6 Å². The summed E-state index contributed by atoms with van der Waals surface area (Å²) in [5.41, 5.74) is 6.18. The molecule has 0 amide bonds. The summed E-state index contributed by atoms with van der Waals surface area (Å²) in [6, 6.07) is 23.8. The number of benzene rings is 3. The van der Waals surface area contributed by atoms with Gasteiger partial charge in [0.2, 0.25) is 0 Å². The van der Waals surface area contributed by atoms with Gasteiger partial charge in [0.1, 0.15) is 24.7 Å². The van der Waals surface area contributed by atoms with Crippen LogP contribution in [0.15, 0.2) is 91.3 Å². The largest absolute Gasteiger partial charge is 0.489 e. The third-order valence-corrected chi connectivity index (χ3v) is 5.63. The van der Waals surface area contributed by atoms with Crippen molar-refractivity contribution in [2.75, 3.05) is 13.2 Å². The lowest BCUT2D eigenvalue weighted by Crippen LogP contribution is -2.10. The molecule has 4 aromatic rings. The van der Waals surface area contributed by atoms with E-state index in [9.17, 15) is 4.79 Å². The molecule has 0 radical (unpaired) electrons. The minimum absolute atomic E-state index is 0.364. The molecule has 0 fully saturated rings. The Morgan fingerprint density at radius 2 is 1.73 bits per heavy atom. The van der Waals surface area contributed by atoms with Crippen LogP contribution in [-0.4, -0.2) is 34.1 Å². The van der Waals surface area contributed by atoms with Gasteiger partial charge in [-0.1, -0.05) is 53.8 Å². The molecule has 1 aromatic heterocycles. The van der Waals surface area contributed by atoms with E-state index in [0.717, 1.165) is 27.8 Å². The van der Waals surface area contributed by atoms with Gasteiger partial charge < -0.3 is 14.6 Å². The smallest absolute Gasteiger partial charge is 0.341 e. The Labute approximate surface area is 216 Å². The maximum atomic E-state index is 10.8. The Morgan fingerprint density at radius 3 is 2.38 bits per heavy atom. The highest BCUT2D eigenvalue weighted by molar-refractivity contribution is 5.80. The zero-order valence-corrected chi connectivity index (χ0v) is 20.8. The van der Waals surface area contributed by atoms with E-state index in [0.29, 0.717) is 24.7 Å². The fraction of sp³-hybridized carbons (Fsp3) is 0.161. The number of carbonyl (C=O) groups is 1. The number of nitrogens with zero attached hydrogens (tertiary/aromatic N) is 2. The summed E-state index contributed by atoms with van der Waals surface area (Å²) < 4.78 is 13.1. The second-order valence-electron chi connectivity index (χ2n) is 8.49. The van der Waals surface area contributed by atoms with Crippen molar-refractivity contribution in [2.45, 2.75) is 20.4 Å². The van der Waals surface area contributed by atoms with Gasteiger partial charge in [0.05, 0.1) is 0 Å². The van der Waals surface area contributed by atoms with Crippen molar-refractivity contribution in [1.82, 2.24) is 9.78 Å². The van der Waals surface area contributed by atoms with Crippen molar-refractivity contribution in [3.05, 3.63) is 119 Å². The zero-order chi connectivity index (χ0) is 26.0. The van der Waals surface area contributed by atoms with Crippen LogP contribution in [0.4, 0.5) is 0 Å². The molecular formula is C31H28N2O4. The maximum absolute atomic E-state index is 10.8. The highest BCUT2D eigenvalue weighted by Gasteiger charge is 2.07. The first-order valence-electron chi connectivity index (χ1n) is 11.9. The van der Waals surface area contributed by atoms with Gasteiger partial charge in [-0.2, -0.15) is 5.10 Å². The number of aryl methyl sites for hydroxylation is 2. The molecule has 0 aliphatic carbocycles. The van der Waals surface area contributed by atoms with Crippen LogP contribution in [0.25, 0.3) is 5.57 Å². The van der Waals surface area contributed by atoms with E-state index < -0.39 is 5.97 Å². The van der Waals surface area contributed by atoms with Crippen molar-refractivity contribution in [1.29, 1.82) is 0 Å². The Morgan fingerprint density at radius 1 is 1.00 bits per heavy atom. The van der Waals surface area contributed by atoms with Gasteiger partial charge in [-0.25, -0.2) is 4.79 Å². The minimum atomic E-state index is -1.01. The summed E-state index contributed by atoms with van der Waals surface area (Å²) in [5.74, 6) is 6.53. The van der Waals surface area contributed by atoms with Crippen LogP contribution in [0, 0.1) is 25.7 Å². The van der Waals surface area contributed by atoms with Crippen molar-refractivity contribution in [3.8, 4) is 23.3 Å². The second-order valence-corrected chi connectivity index (χ2v) is 8.49. The topological polar surface area (TPSA) is 73.6 Å². The minimum Gasteiger partial charge on any atom is -0.489 e. The van der Waals surface area contributed by atoms with Crippen molar-refractivity contribution in [3.63, 3.8) is 0 Å². The summed E-state index contributed by atoms with van der Waals surface area (Å²) >= 11 is 0. The van der Waals surface area contributed by atoms with Crippen molar-refractivity contribution in [2.24, 2.45) is 0 Å². The summed E-state index contributed by atoms with van der Waals surface area (Å²) in [6.07, 6.45) is 5.70.